The lowest BCUT2D eigenvalue weighted by atomic mass is 10.00. The van der Waals surface area contributed by atoms with Crippen molar-refractivity contribution in [3.63, 3.8) is 0 Å². The number of nitriles is 1. The number of hydrogen-bond acceptors (Lipinski definition) is 5. The summed E-state index contributed by atoms with van der Waals surface area (Å²) in [5.74, 6) is -0.666. The molecule has 0 aliphatic rings. The molecule has 6 nitrogen and oxygen atoms in total. The fourth-order valence-electron chi connectivity index (χ4n) is 3.11. The molecule has 0 spiro atoms. The summed E-state index contributed by atoms with van der Waals surface area (Å²) >= 11 is 0. The quantitative estimate of drug-likeness (QED) is 0.413. The number of carbonyl (C=O) groups excluding carboxylic acids is 1. The lowest BCUT2D eigenvalue weighted by molar-refractivity contribution is 0.0501. The first kappa shape index (κ1) is 18.2. The van der Waals surface area contributed by atoms with Crippen LogP contribution in [0.5, 0.6) is 0 Å². The van der Waals surface area contributed by atoms with Crippen LogP contribution in [0.2, 0.25) is 0 Å². The zero-order valence-corrected chi connectivity index (χ0v) is 15.3. The van der Waals surface area contributed by atoms with Crippen molar-refractivity contribution >= 4 is 22.6 Å². The van der Waals surface area contributed by atoms with Gasteiger partial charge in [0.15, 0.2) is 11.6 Å². The fraction of sp³-hybridized carbons (Fsp3) is 0.190. The molecule has 136 valence electrons. The van der Waals surface area contributed by atoms with E-state index in [4.69, 9.17) is 4.74 Å². The Morgan fingerprint density at radius 3 is 2.52 bits per heavy atom. The average molecular weight is 361 g/mol. The van der Waals surface area contributed by atoms with Crippen LogP contribution in [-0.4, -0.2) is 27.7 Å². The first-order valence-corrected chi connectivity index (χ1v) is 8.43. The number of aliphatic hydroxyl groups excluding tert-OH is 1. The molecule has 0 unspecified atom stereocenters. The van der Waals surface area contributed by atoms with E-state index in [1.54, 1.807) is 6.07 Å². The number of nitrogens with one attached hydrogen (secondary N) is 1. The van der Waals surface area contributed by atoms with Crippen molar-refractivity contribution < 1.29 is 14.6 Å². The Bertz CT molecular complexity index is 1050. The smallest absolute Gasteiger partial charge is 0.339 e. The number of H-pyrrole nitrogens is 1. The summed E-state index contributed by atoms with van der Waals surface area (Å²) in [5.41, 5.74) is 4.50. The van der Waals surface area contributed by atoms with Crippen molar-refractivity contribution in [1.82, 2.24) is 9.97 Å². The predicted octanol–water partition coefficient (Wildman–Crippen LogP) is 4.14. The molecule has 2 N–H and O–H groups in total. The highest BCUT2D eigenvalue weighted by Crippen LogP contribution is 2.20. The molecule has 1 aromatic heterocycles. The lowest BCUT2D eigenvalue weighted by Crippen LogP contribution is -2.12. The number of fused-ring (bicyclic) bond motifs is 1. The molecule has 0 aliphatic heterocycles. The highest BCUT2D eigenvalue weighted by molar-refractivity contribution is 5.93. The molecule has 0 saturated carbocycles. The second-order valence-corrected chi connectivity index (χ2v) is 6.39. The molecule has 27 heavy (non-hydrogen) atoms. The van der Waals surface area contributed by atoms with E-state index in [-0.39, 0.29) is 17.2 Å². The summed E-state index contributed by atoms with van der Waals surface area (Å²) in [7, 11) is 0. The fourth-order valence-corrected chi connectivity index (χ4v) is 3.11. The summed E-state index contributed by atoms with van der Waals surface area (Å²) in [5, 5.41) is 19.7. The number of aryl methyl sites for hydroxylation is 3. The maximum absolute atomic E-state index is 12.4. The van der Waals surface area contributed by atoms with Gasteiger partial charge in [0.25, 0.3) is 0 Å². The Morgan fingerprint density at radius 1 is 1.22 bits per heavy atom. The second-order valence-electron chi connectivity index (χ2n) is 6.39. The van der Waals surface area contributed by atoms with Crippen LogP contribution in [0.3, 0.4) is 0 Å². The largest absolute Gasteiger partial charge is 0.507 e. The Kier molecular flexibility index (Phi) is 4.95. The van der Waals surface area contributed by atoms with Crippen LogP contribution in [-0.2, 0) is 4.74 Å². The average Bonchev–Trinajstić information content (AvgIpc) is 3.03. The van der Waals surface area contributed by atoms with Gasteiger partial charge < -0.3 is 14.8 Å². The molecule has 3 rings (SSSR count). The van der Waals surface area contributed by atoms with Crippen LogP contribution in [0.15, 0.2) is 42.2 Å². The van der Waals surface area contributed by atoms with Crippen LogP contribution < -0.4 is 0 Å². The van der Waals surface area contributed by atoms with E-state index < -0.39 is 12.6 Å². The van der Waals surface area contributed by atoms with Gasteiger partial charge in [-0.3, -0.25) is 0 Å². The van der Waals surface area contributed by atoms with Crippen molar-refractivity contribution in [3.8, 4) is 6.07 Å². The number of ether oxygens (including phenoxy) is 1. The second kappa shape index (κ2) is 7.34. The molecule has 0 bridgehead atoms. The maximum atomic E-state index is 12.4. The number of nitrogens with zero attached hydrogens (tertiary/aromatic N) is 2. The van der Waals surface area contributed by atoms with Gasteiger partial charge in [0, 0.05) is 0 Å². The molecular formula is C21H19N3O3. The zero-order chi connectivity index (χ0) is 19.6. The van der Waals surface area contributed by atoms with Crippen molar-refractivity contribution in [2.24, 2.45) is 0 Å². The molecule has 2 aromatic carbocycles. The predicted molar refractivity (Wildman–Crippen MR) is 102 cm³/mol. The van der Waals surface area contributed by atoms with E-state index in [2.05, 4.69) is 9.97 Å². The monoisotopic (exact) mass is 361 g/mol. The Labute approximate surface area is 156 Å². The highest BCUT2D eigenvalue weighted by atomic mass is 16.5. The van der Waals surface area contributed by atoms with E-state index in [1.807, 2.05) is 57.2 Å². The minimum Gasteiger partial charge on any atom is -0.507 e. The number of allylic oxidation sites excluding steroid dienone is 1. The number of aromatic nitrogens is 2. The molecule has 0 amide bonds. The normalized spacial score (nSPS) is 11.8. The van der Waals surface area contributed by atoms with Crippen molar-refractivity contribution in [1.29, 1.82) is 5.26 Å². The lowest BCUT2D eigenvalue weighted by Gasteiger charge is -2.11. The SMILES string of the molecule is Cc1cc(C)c(C(=O)OCC(O)=C(C#N)c2nc3ccccc3[nH]2)c(C)c1. The van der Waals surface area contributed by atoms with Gasteiger partial charge in [-0.1, -0.05) is 29.8 Å². The van der Waals surface area contributed by atoms with Gasteiger partial charge in [-0.15, -0.1) is 0 Å². The standard InChI is InChI=1S/C21H19N3O3/c1-12-8-13(2)19(14(3)9-12)21(26)27-11-18(25)15(10-22)20-23-16-6-4-5-7-17(16)24-20/h4-9,25H,11H2,1-3H3,(H,23,24). The number of benzene rings is 2. The molecule has 0 atom stereocenters. The van der Waals surface area contributed by atoms with Crippen LogP contribution in [0, 0.1) is 32.1 Å². The number of aliphatic hydroxyl groups is 1. The van der Waals surface area contributed by atoms with Gasteiger partial charge in [-0.05, 0) is 44.0 Å². The van der Waals surface area contributed by atoms with Crippen LogP contribution in [0.4, 0.5) is 0 Å². The topological polar surface area (TPSA) is 99.0 Å². The van der Waals surface area contributed by atoms with E-state index in [0.717, 1.165) is 22.2 Å². The third-order valence-corrected chi connectivity index (χ3v) is 4.25. The number of hydrogen-bond donors (Lipinski definition) is 2. The molecular weight excluding hydrogens is 342 g/mol. The van der Waals surface area contributed by atoms with Gasteiger partial charge in [0.05, 0.1) is 16.6 Å². The van der Waals surface area contributed by atoms with Crippen molar-refractivity contribution in [2.45, 2.75) is 20.8 Å². The molecule has 0 aliphatic carbocycles. The van der Waals surface area contributed by atoms with Crippen LogP contribution >= 0.6 is 0 Å². The Morgan fingerprint density at radius 2 is 1.89 bits per heavy atom. The Balaban J connectivity index is 1.83. The minimum absolute atomic E-state index is 0.0589. The van der Waals surface area contributed by atoms with Gasteiger partial charge in [0.1, 0.15) is 18.2 Å². The molecule has 0 fully saturated rings. The number of aromatic amines is 1. The van der Waals surface area contributed by atoms with E-state index >= 15 is 0 Å². The number of esters is 1. The third-order valence-electron chi connectivity index (χ3n) is 4.25. The minimum atomic E-state index is -0.543. The zero-order valence-electron chi connectivity index (χ0n) is 15.3. The molecule has 0 saturated heterocycles. The molecule has 3 aromatic rings. The van der Waals surface area contributed by atoms with E-state index in [9.17, 15) is 15.2 Å². The number of para-hydroxylation sites is 2. The van der Waals surface area contributed by atoms with Gasteiger partial charge >= 0.3 is 5.97 Å². The van der Waals surface area contributed by atoms with E-state index in [1.165, 1.54) is 0 Å². The van der Waals surface area contributed by atoms with Gasteiger partial charge in [-0.2, -0.15) is 5.26 Å². The maximum Gasteiger partial charge on any atom is 0.339 e. The van der Waals surface area contributed by atoms with Crippen molar-refractivity contribution in [2.75, 3.05) is 6.61 Å². The number of rotatable bonds is 4. The summed E-state index contributed by atoms with van der Waals surface area (Å²) in [6.07, 6.45) is 0. The van der Waals surface area contributed by atoms with E-state index in [0.29, 0.717) is 11.1 Å². The summed E-state index contributed by atoms with van der Waals surface area (Å²) in [6.45, 7) is 5.21. The Hall–Kier alpha value is -3.59. The molecule has 1 heterocycles. The molecule has 0 radical (unpaired) electrons. The third kappa shape index (κ3) is 3.67. The summed E-state index contributed by atoms with van der Waals surface area (Å²) in [4.78, 5) is 19.7. The van der Waals surface area contributed by atoms with Crippen LogP contribution in [0.25, 0.3) is 16.6 Å². The van der Waals surface area contributed by atoms with Crippen LogP contribution in [0.1, 0.15) is 32.9 Å². The first-order chi connectivity index (χ1) is 12.9. The highest BCUT2D eigenvalue weighted by Gasteiger charge is 2.18. The summed E-state index contributed by atoms with van der Waals surface area (Å²) < 4.78 is 5.23. The number of imidazole rings is 1. The summed E-state index contributed by atoms with van der Waals surface area (Å²) in [6, 6.07) is 13.0. The number of carbonyl (C=O) groups is 1. The van der Waals surface area contributed by atoms with Crippen molar-refractivity contribution in [3.05, 3.63) is 70.2 Å². The molecule has 6 heteroatoms. The van der Waals surface area contributed by atoms with Gasteiger partial charge in [-0.25, -0.2) is 9.78 Å². The first-order valence-electron chi connectivity index (χ1n) is 8.43. The van der Waals surface area contributed by atoms with Gasteiger partial charge in [0.2, 0.25) is 0 Å².